The van der Waals surface area contributed by atoms with Crippen molar-refractivity contribution < 1.29 is 4.79 Å². The molecule has 1 aliphatic heterocycles. The summed E-state index contributed by atoms with van der Waals surface area (Å²) in [5.41, 5.74) is 0. The second-order valence-corrected chi connectivity index (χ2v) is 5.17. The molecule has 86 valence electrons. The minimum atomic E-state index is 0.224. The van der Waals surface area contributed by atoms with Gasteiger partial charge in [0.25, 0.3) is 0 Å². The zero-order valence-electron chi connectivity index (χ0n) is 9.59. The molecule has 2 aliphatic rings. The molecule has 1 aliphatic carbocycles. The van der Waals surface area contributed by atoms with Gasteiger partial charge in [-0.25, -0.2) is 0 Å². The number of carbonyl (C=O) groups is 1. The molecule has 15 heavy (non-hydrogen) atoms. The summed E-state index contributed by atoms with van der Waals surface area (Å²) in [4.78, 5) is 11.9. The molecule has 0 spiro atoms. The second-order valence-electron chi connectivity index (χ2n) is 5.17. The van der Waals surface area contributed by atoms with E-state index in [1.165, 1.54) is 25.7 Å². The highest BCUT2D eigenvalue weighted by Crippen LogP contribution is 2.23. The van der Waals surface area contributed by atoms with Crippen molar-refractivity contribution in [3.05, 3.63) is 0 Å². The van der Waals surface area contributed by atoms with Gasteiger partial charge in [-0.2, -0.15) is 0 Å². The van der Waals surface area contributed by atoms with Gasteiger partial charge in [0.15, 0.2) is 0 Å². The van der Waals surface area contributed by atoms with E-state index in [1.54, 1.807) is 0 Å². The van der Waals surface area contributed by atoms with E-state index in [9.17, 15) is 4.79 Å². The average molecular weight is 210 g/mol. The van der Waals surface area contributed by atoms with Crippen LogP contribution in [0, 0.1) is 11.8 Å². The first-order valence-corrected chi connectivity index (χ1v) is 6.27. The van der Waals surface area contributed by atoms with Gasteiger partial charge in [-0.05, 0) is 31.7 Å². The minimum Gasteiger partial charge on any atom is -0.353 e. The van der Waals surface area contributed by atoms with Crippen LogP contribution in [-0.4, -0.2) is 25.0 Å². The van der Waals surface area contributed by atoms with Gasteiger partial charge in [-0.15, -0.1) is 0 Å². The van der Waals surface area contributed by atoms with E-state index in [2.05, 4.69) is 17.6 Å². The van der Waals surface area contributed by atoms with Crippen LogP contribution < -0.4 is 10.6 Å². The summed E-state index contributed by atoms with van der Waals surface area (Å²) in [7, 11) is 0. The summed E-state index contributed by atoms with van der Waals surface area (Å²) < 4.78 is 0. The molecular formula is C12H22N2O. The molecule has 3 heteroatoms. The summed E-state index contributed by atoms with van der Waals surface area (Å²) in [6, 6.07) is 0.446. The fraction of sp³-hybridized carbons (Fsp3) is 0.917. The topological polar surface area (TPSA) is 41.1 Å². The third-order valence-electron chi connectivity index (χ3n) is 3.71. The molecule has 1 amide bonds. The smallest absolute Gasteiger partial charge is 0.224 e. The Hall–Kier alpha value is -0.570. The Bertz CT molecular complexity index is 224. The predicted molar refractivity (Wildman–Crippen MR) is 60.5 cm³/mol. The molecular weight excluding hydrogens is 188 g/mol. The van der Waals surface area contributed by atoms with E-state index in [1.807, 2.05) is 0 Å². The molecule has 1 saturated carbocycles. The van der Waals surface area contributed by atoms with Gasteiger partial charge >= 0.3 is 0 Å². The Labute approximate surface area is 92.0 Å². The largest absolute Gasteiger partial charge is 0.353 e. The molecule has 0 radical (unpaired) electrons. The predicted octanol–water partition coefficient (Wildman–Crippen LogP) is 1.29. The van der Waals surface area contributed by atoms with E-state index < -0.39 is 0 Å². The molecule has 0 aromatic heterocycles. The summed E-state index contributed by atoms with van der Waals surface area (Å²) in [5.74, 6) is 1.28. The molecule has 0 aromatic carbocycles. The standard InChI is InChI=1S/C12H22N2O/c1-9-3-2-4-11(7-9)14-12(15)10-5-6-13-8-10/h9-11,13H,2-8H2,1H3,(H,14,15). The summed E-state index contributed by atoms with van der Waals surface area (Å²) in [6.45, 7) is 4.16. The lowest BCUT2D eigenvalue weighted by molar-refractivity contribution is -0.125. The van der Waals surface area contributed by atoms with E-state index in [-0.39, 0.29) is 11.8 Å². The summed E-state index contributed by atoms with van der Waals surface area (Å²) in [6.07, 6.45) is 5.96. The molecule has 3 nitrogen and oxygen atoms in total. The maximum absolute atomic E-state index is 11.9. The Morgan fingerprint density at radius 1 is 1.33 bits per heavy atom. The number of rotatable bonds is 2. The lowest BCUT2D eigenvalue weighted by Gasteiger charge is -2.28. The molecule has 2 rings (SSSR count). The number of carbonyl (C=O) groups excluding carboxylic acids is 1. The SMILES string of the molecule is CC1CCCC(NC(=O)C2CCNC2)C1. The number of nitrogens with one attached hydrogen (secondary N) is 2. The molecule has 0 bridgehead atoms. The number of amides is 1. The van der Waals surface area contributed by atoms with Crippen molar-refractivity contribution >= 4 is 5.91 Å². The van der Waals surface area contributed by atoms with Crippen LogP contribution in [0.4, 0.5) is 0 Å². The average Bonchev–Trinajstić information content (AvgIpc) is 2.70. The van der Waals surface area contributed by atoms with Crippen LogP contribution in [0.1, 0.15) is 39.0 Å². The molecule has 2 fully saturated rings. The lowest BCUT2D eigenvalue weighted by atomic mass is 9.87. The highest BCUT2D eigenvalue weighted by atomic mass is 16.2. The van der Waals surface area contributed by atoms with Crippen LogP contribution in [0.3, 0.4) is 0 Å². The van der Waals surface area contributed by atoms with Crippen LogP contribution in [-0.2, 0) is 4.79 Å². The van der Waals surface area contributed by atoms with Crippen LogP contribution in [0.25, 0.3) is 0 Å². The molecule has 0 aromatic rings. The fourth-order valence-corrected chi connectivity index (χ4v) is 2.76. The Morgan fingerprint density at radius 2 is 2.20 bits per heavy atom. The van der Waals surface area contributed by atoms with Crippen molar-refractivity contribution in [2.45, 2.75) is 45.1 Å². The van der Waals surface area contributed by atoms with Crippen molar-refractivity contribution in [3.8, 4) is 0 Å². The van der Waals surface area contributed by atoms with E-state index in [4.69, 9.17) is 0 Å². The zero-order valence-corrected chi connectivity index (χ0v) is 9.59. The maximum atomic E-state index is 11.9. The molecule has 3 unspecified atom stereocenters. The lowest BCUT2D eigenvalue weighted by Crippen LogP contribution is -2.41. The van der Waals surface area contributed by atoms with Gasteiger partial charge in [-0.1, -0.05) is 19.8 Å². The Kier molecular flexibility index (Phi) is 3.62. The van der Waals surface area contributed by atoms with Crippen LogP contribution in [0.2, 0.25) is 0 Å². The highest BCUT2D eigenvalue weighted by molar-refractivity contribution is 5.79. The third kappa shape index (κ3) is 2.94. The van der Waals surface area contributed by atoms with Crippen molar-refractivity contribution in [1.29, 1.82) is 0 Å². The van der Waals surface area contributed by atoms with E-state index in [0.717, 1.165) is 25.4 Å². The van der Waals surface area contributed by atoms with Gasteiger partial charge in [0.05, 0.1) is 5.92 Å². The Morgan fingerprint density at radius 3 is 2.87 bits per heavy atom. The summed E-state index contributed by atoms with van der Waals surface area (Å²) >= 11 is 0. The quantitative estimate of drug-likeness (QED) is 0.721. The first-order valence-electron chi connectivity index (χ1n) is 6.27. The van der Waals surface area contributed by atoms with Crippen molar-refractivity contribution in [2.24, 2.45) is 11.8 Å². The van der Waals surface area contributed by atoms with Gasteiger partial charge in [0.1, 0.15) is 0 Å². The molecule has 3 atom stereocenters. The van der Waals surface area contributed by atoms with E-state index >= 15 is 0 Å². The van der Waals surface area contributed by atoms with Crippen LogP contribution in [0.15, 0.2) is 0 Å². The number of hydrogen-bond acceptors (Lipinski definition) is 2. The fourth-order valence-electron chi connectivity index (χ4n) is 2.76. The van der Waals surface area contributed by atoms with Crippen LogP contribution in [0.5, 0.6) is 0 Å². The first kappa shape index (κ1) is 10.9. The highest BCUT2D eigenvalue weighted by Gasteiger charge is 2.26. The van der Waals surface area contributed by atoms with E-state index in [0.29, 0.717) is 6.04 Å². The van der Waals surface area contributed by atoms with Gasteiger partial charge in [-0.3, -0.25) is 4.79 Å². The van der Waals surface area contributed by atoms with Gasteiger partial charge in [0, 0.05) is 12.6 Å². The molecule has 1 heterocycles. The molecule has 2 N–H and O–H groups in total. The van der Waals surface area contributed by atoms with Crippen molar-refractivity contribution in [1.82, 2.24) is 10.6 Å². The second kappa shape index (κ2) is 4.97. The Balaban J connectivity index is 1.77. The minimum absolute atomic E-state index is 0.224. The van der Waals surface area contributed by atoms with Crippen molar-refractivity contribution in [3.63, 3.8) is 0 Å². The monoisotopic (exact) mass is 210 g/mol. The maximum Gasteiger partial charge on any atom is 0.224 e. The van der Waals surface area contributed by atoms with Crippen LogP contribution >= 0.6 is 0 Å². The first-order chi connectivity index (χ1) is 7.25. The van der Waals surface area contributed by atoms with Crippen molar-refractivity contribution in [2.75, 3.05) is 13.1 Å². The molecule has 1 saturated heterocycles. The summed E-state index contributed by atoms with van der Waals surface area (Å²) in [5, 5.41) is 6.45. The third-order valence-corrected chi connectivity index (χ3v) is 3.71. The van der Waals surface area contributed by atoms with Gasteiger partial charge < -0.3 is 10.6 Å². The normalized spacial score (nSPS) is 36.5. The van der Waals surface area contributed by atoms with Gasteiger partial charge in [0.2, 0.25) is 5.91 Å². The number of hydrogen-bond donors (Lipinski definition) is 2. The zero-order chi connectivity index (χ0) is 10.7.